The van der Waals surface area contributed by atoms with Gasteiger partial charge in [0.25, 0.3) is 0 Å². The van der Waals surface area contributed by atoms with Crippen molar-refractivity contribution in [3.63, 3.8) is 0 Å². The van der Waals surface area contributed by atoms with Crippen LogP contribution in [0.2, 0.25) is 0 Å². The Morgan fingerprint density at radius 3 is 1.64 bits per heavy atom. The second-order valence-electron chi connectivity index (χ2n) is 5.23. The first-order valence-electron chi connectivity index (χ1n) is 6.56. The molecule has 0 nitrogen and oxygen atoms in total. The molecule has 0 saturated heterocycles. The summed E-state index contributed by atoms with van der Waals surface area (Å²) in [6, 6.07) is 0. The Morgan fingerprint density at radius 2 is 1.36 bits per heavy atom. The Balaban J connectivity index is 4.21. The Hall–Kier alpha value is 0. The van der Waals surface area contributed by atoms with Crippen LogP contribution in [-0.4, -0.2) is 0 Å². The van der Waals surface area contributed by atoms with Gasteiger partial charge in [0.15, 0.2) is 0 Å². The first-order valence-corrected chi connectivity index (χ1v) is 6.56. The molecule has 3 atom stereocenters. The van der Waals surface area contributed by atoms with Crippen molar-refractivity contribution in [2.45, 2.75) is 67.2 Å². The highest BCUT2D eigenvalue weighted by atomic mass is 14.3. The topological polar surface area (TPSA) is 0 Å². The highest BCUT2D eigenvalue weighted by Gasteiger charge is 2.22. The van der Waals surface area contributed by atoms with E-state index in [4.69, 9.17) is 0 Å². The van der Waals surface area contributed by atoms with Crippen molar-refractivity contribution in [2.75, 3.05) is 0 Å². The molecule has 0 aliphatic heterocycles. The Kier molecular flexibility index (Phi) is 7.31. The van der Waals surface area contributed by atoms with Gasteiger partial charge in [-0.15, -0.1) is 0 Å². The number of rotatable bonds is 7. The predicted molar refractivity (Wildman–Crippen MR) is 66.5 cm³/mol. The molecule has 0 aromatic rings. The lowest BCUT2D eigenvalue weighted by Gasteiger charge is -2.30. The second kappa shape index (κ2) is 7.31. The van der Waals surface area contributed by atoms with E-state index < -0.39 is 0 Å². The quantitative estimate of drug-likeness (QED) is 0.532. The van der Waals surface area contributed by atoms with Gasteiger partial charge in [0.1, 0.15) is 0 Å². The third kappa shape index (κ3) is 4.48. The molecule has 0 fully saturated rings. The van der Waals surface area contributed by atoms with E-state index in [1.807, 2.05) is 0 Å². The standard InChI is InChI=1S/C14H30/c1-7-12(6)10-13(8-2)14(9-3)11(4)5/h11-14H,7-10H2,1-6H3. The van der Waals surface area contributed by atoms with E-state index in [0.717, 1.165) is 23.7 Å². The van der Waals surface area contributed by atoms with E-state index in [1.165, 1.54) is 25.7 Å². The van der Waals surface area contributed by atoms with Crippen LogP contribution in [0.4, 0.5) is 0 Å². The molecule has 0 aromatic heterocycles. The average molecular weight is 198 g/mol. The summed E-state index contributed by atoms with van der Waals surface area (Å²) >= 11 is 0. The molecule has 0 aromatic carbocycles. The molecule has 0 amide bonds. The van der Waals surface area contributed by atoms with Crippen LogP contribution >= 0.6 is 0 Å². The molecule has 0 saturated carbocycles. The van der Waals surface area contributed by atoms with Crippen LogP contribution in [0.3, 0.4) is 0 Å². The lowest BCUT2D eigenvalue weighted by molar-refractivity contribution is 0.201. The van der Waals surface area contributed by atoms with Gasteiger partial charge in [0, 0.05) is 0 Å². The fourth-order valence-corrected chi connectivity index (χ4v) is 2.68. The minimum atomic E-state index is 0.856. The van der Waals surface area contributed by atoms with Crippen LogP contribution in [-0.2, 0) is 0 Å². The molecular weight excluding hydrogens is 168 g/mol. The van der Waals surface area contributed by atoms with Gasteiger partial charge in [-0.2, -0.15) is 0 Å². The predicted octanol–water partition coefficient (Wildman–Crippen LogP) is 5.13. The molecule has 0 N–H and O–H groups in total. The van der Waals surface area contributed by atoms with Crippen molar-refractivity contribution in [3.05, 3.63) is 0 Å². The zero-order valence-electron chi connectivity index (χ0n) is 11.1. The van der Waals surface area contributed by atoms with Gasteiger partial charge < -0.3 is 0 Å². The normalized spacial score (nSPS) is 18.2. The molecule has 0 rings (SSSR count). The second-order valence-corrected chi connectivity index (χ2v) is 5.23. The molecule has 3 unspecified atom stereocenters. The molecule has 86 valence electrons. The van der Waals surface area contributed by atoms with E-state index in [2.05, 4.69) is 41.5 Å². The van der Waals surface area contributed by atoms with Crippen molar-refractivity contribution in [3.8, 4) is 0 Å². The number of hydrogen-bond acceptors (Lipinski definition) is 0. The van der Waals surface area contributed by atoms with Crippen LogP contribution < -0.4 is 0 Å². The molecule has 14 heavy (non-hydrogen) atoms. The van der Waals surface area contributed by atoms with Gasteiger partial charge in [-0.3, -0.25) is 0 Å². The zero-order chi connectivity index (χ0) is 11.1. The first kappa shape index (κ1) is 14.0. The Labute approximate surface area is 91.5 Å². The molecule has 0 heterocycles. The summed E-state index contributed by atoms with van der Waals surface area (Å²) in [7, 11) is 0. The summed E-state index contributed by atoms with van der Waals surface area (Å²) in [6.45, 7) is 14.2. The Bertz CT molecular complexity index is 126. The summed E-state index contributed by atoms with van der Waals surface area (Å²) in [5.41, 5.74) is 0. The highest BCUT2D eigenvalue weighted by molar-refractivity contribution is 4.72. The third-order valence-electron chi connectivity index (χ3n) is 3.86. The SMILES string of the molecule is CCC(C)CC(CC)C(CC)C(C)C. The van der Waals surface area contributed by atoms with Crippen molar-refractivity contribution >= 4 is 0 Å². The molecule has 0 bridgehead atoms. The van der Waals surface area contributed by atoms with Crippen LogP contribution in [0.5, 0.6) is 0 Å². The van der Waals surface area contributed by atoms with Gasteiger partial charge in [-0.05, 0) is 30.1 Å². The van der Waals surface area contributed by atoms with E-state index in [0.29, 0.717) is 0 Å². The molecule has 0 spiro atoms. The van der Waals surface area contributed by atoms with Crippen LogP contribution in [0, 0.1) is 23.7 Å². The maximum absolute atomic E-state index is 2.40. The Morgan fingerprint density at radius 1 is 0.786 bits per heavy atom. The summed E-state index contributed by atoms with van der Waals surface area (Å²) < 4.78 is 0. The first-order chi connectivity index (χ1) is 6.56. The van der Waals surface area contributed by atoms with E-state index in [9.17, 15) is 0 Å². The zero-order valence-corrected chi connectivity index (χ0v) is 11.1. The minimum Gasteiger partial charge on any atom is -0.0651 e. The van der Waals surface area contributed by atoms with Crippen molar-refractivity contribution in [1.82, 2.24) is 0 Å². The maximum Gasteiger partial charge on any atom is -0.0365 e. The van der Waals surface area contributed by atoms with Crippen LogP contribution in [0.1, 0.15) is 67.2 Å². The molecule has 0 aliphatic rings. The molecule has 0 radical (unpaired) electrons. The van der Waals surface area contributed by atoms with Gasteiger partial charge in [-0.25, -0.2) is 0 Å². The van der Waals surface area contributed by atoms with Gasteiger partial charge in [0.2, 0.25) is 0 Å². The number of hydrogen-bond donors (Lipinski definition) is 0. The molecule has 0 aliphatic carbocycles. The van der Waals surface area contributed by atoms with Gasteiger partial charge in [-0.1, -0.05) is 60.8 Å². The minimum absolute atomic E-state index is 0.856. The third-order valence-corrected chi connectivity index (χ3v) is 3.86. The van der Waals surface area contributed by atoms with Gasteiger partial charge in [0.05, 0.1) is 0 Å². The average Bonchev–Trinajstić information content (AvgIpc) is 2.16. The fraction of sp³-hybridized carbons (Fsp3) is 1.00. The van der Waals surface area contributed by atoms with Crippen molar-refractivity contribution in [1.29, 1.82) is 0 Å². The largest absolute Gasteiger partial charge is 0.0651 e. The maximum atomic E-state index is 2.40. The van der Waals surface area contributed by atoms with Crippen LogP contribution in [0.25, 0.3) is 0 Å². The van der Waals surface area contributed by atoms with E-state index >= 15 is 0 Å². The smallest absolute Gasteiger partial charge is 0.0365 e. The monoisotopic (exact) mass is 198 g/mol. The van der Waals surface area contributed by atoms with Crippen molar-refractivity contribution < 1.29 is 0 Å². The summed E-state index contributed by atoms with van der Waals surface area (Å²) in [4.78, 5) is 0. The lowest BCUT2D eigenvalue weighted by Crippen LogP contribution is -2.21. The molecular formula is C14H30. The van der Waals surface area contributed by atoms with Crippen molar-refractivity contribution in [2.24, 2.45) is 23.7 Å². The van der Waals surface area contributed by atoms with E-state index in [1.54, 1.807) is 0 Å². The summed E-state index contributed by atoms with van der Waals surface area (Å²) in [5.74, 6) is 3.66. The molecule has 0 heteroatoms. The summed E-state index contributed by atoms with van der Waals surface area (Å²) in [5, 5.41) is 0. The summed E-state index contributed by atoms with van der Waals surface area (Å²) in [6.07, 6.45) is 5.49. The van der Waals surface area contributed by atoms with E-state index in [-0.39, 0.29) is 0 Å². The lowest BCUT2D eigenvalue weighted by atomic mass is 9.76. The fourth-order valence-electron chi connectivity index (χ4n) is 2.68. The van der Waals surface area contributed by atoms with Crippen LogP contribution in [0.15, 0.2) is 0 Å². The highest BCUT2D eigenvalue weighted by Crippen LogP contribution is 2.32. The van der Waals surface area contributed by atoms with Gasteiger partial charge >= 0.3 is 0 Å².